The lowest BCUT2D eigenvalue weighted by atomic mass is 10.0. The maximum absolute atomic E-state index is 11.1. The van der Waals surface area contributed by atoms with E-state index in [1.54, 1.807) is 0 Å². The van der Waals surface area contributed by atoms with E-state index < -0.39 is 12.1 Å². The molecule has 0 radical (unpaired) electrons. The van der Waals surface area contributed by atoms with Gasteiger partial charge in [-0.3, -0.25) is 9.80 Å². The summed E-state index contributed by atoms with van der Waals surface area (Å²) in [5.74, 6) is 0.485. The van der Waals surface area contributed by atoms with Crippen molar-refractivity contribution in [1.29, 1.82) is 0 Å². The number of nitrogens with one attached hydrogen (secondary N) is 3. The molecule has 9 N–H and O–H groups in total. The fourth-order valence-electron chi connectivity index (χ4n) is 5.04. The third-order valence-electron chi connectivity index (χ3n) is 7.95. The van der Waals surface area contributed by atoms with Crippen LogP contribution in [0.15, 0.2) is 24.3 Å². The van der Waals surface area contributed by atoms with Gasteiger partial charge in [0.2, 0.25) is 0 Å². The number of nitrogens with zero attached hydrogens (tertiary/aromatic N) is 2. The number of hydrogen-bond acceptors (Lipinski definition) is 11. The van der Waals surface area contributed by atoms with Crippen molar-refractivity contribution >= 4 is 0 Å². The smallest absolute Gasteiger partial charge is 0.124 e. The normalized spacial score (nSPS) is 15.8. The Morgan fingerprint density at radius 2 is 1.05 bits per heavy atom. The minimum absolute atomic E-state index is 0.181. The molecule has 11 heteroatoms. The molecular weight excluding hydrogens is 526 g/mol. The van der Waals surface area contributed by atoms with E-state index in [4.69, 9.17) is 0 Å². The first kappa shape index (κ1) is 33.2. The maximum Gasteiger partial charge on any atom is 0.124 e. The number of rotatable bonds is 14. The molecule has 0 unspecified atom stereocenters. The van der Waals surface area contributed by atoms with Crippen LogP contribution >= 0.6 is 0 Å². The second-order valence-corrected chi connectivity index (χ2v) is 10.9. The molecule has 0 atom stereocenters. The predicted molar refractivity (Wildman–Crippen MR) is 159 cm³/mol. The second kappa shape index (κ2) is 17.0. The molecule has 1 aliphatic rings. The summed E-state index contributed by atoms with van der Waals surface area (Å²) < 4.78 is 0. The number of aromatic hydroxyl groups is 2. The van der Waals surface area contributed by atoms with Gasteiger partial charge < -0.3 is 46.6 Å². The number of phenolic OH excluding ortho intramolecular Hbond substituents is 2. The van der Waals surface area contributed by atoms with Gasteiger partial charge in [0.15, 0.2) is 0 Å². The minimum Gasteiger partial charge on any atom is -0.507 e. The predicted octanol–water partition coefficient (Wildman–Crippen LogP) is -0.492. The monoisotopic (exact) mass is 575 g/mol. The van der Waals surface area contributed by atoms with E-state index >= 15 is 0 Å². The Balaban J connectivity index is 1.68. The summed E-state index contributed by atoms with van der Waals surface area (Å²) in [7, 11) is 0. The zero-order valence-corrected chi connectivity index (χ0v) is 24.4. The molecule has 1 heterocycles. The van der Waals surface area contributed by atoms with Crippen LogP contribution in [0, 0.1) is 13.8 Å². The quantitative estimate of drug-likeness (QED) is 0.143. The van der Waals surface area contributed by atoms with E-state index in [9.17, 15) is 30.6 Å². The van der Waals surface area contributed by atoms with Crippen molar-refractivity contribution in [3.05, 3.63) is 57.6 Å². The van der Waals surface area contributed by atoms with Crippen molar-refractivity contribution in [3.63, 3.8) is 0 Å². The molecule has 1 saturated heterocycles. The molecule has 230 valence electrons. The molecule has 1 fully saturated rings. The van der Waals surface area contributed by atoms with Gasteiger partial charge in [-0.25, -0.2) is 0 Å². The standard InChI is InChI=1S/C30H49N5O6/c1-21-3-5-23(29(40)27(21)13-32-25(17-36)18-37)15-34-9-7-31-8-10-35(12-11-34)16-24-6-4-22(2)28(30(24)41)14-33-26(19-38)20-39/h3-6,25-26,31-33,36-41H,7-20H2,1-2H3. The van der Waals surface area contributed by atoms with Gasteiger partial charge >= 0.3 is 0 Å². The number of aliphatic hydroxyl groups excluding tert-OH is 4. The molecule has 0 aliphatic carbocycles. The highest BCUT2D eigenvalue weighted by Gasteiger charge is 2.19. The lowest BCUT2D eigenvalue weighted by Crippen LogP contribution is -2.36. The highest BCUT2D eigenvalue weighted by Crippen LogP contribution is 2.29. The fraction of sp³-hybridized carbons (Fsp3) is 0.600. The Bertz CT molecular complexity index is 996. The van der Waals surface area contributed by atoms with Crippen LogP contribution in [0.25, 0.3) is 0 Å². The Morgan fingerprint density at radius 1 is 0.659 bits per heavy atom. The van der Waals surface area contributed by atoms with Gasteiger partial charge in [-0.1, -0.05) is 24.3 Å². The highest BCUT2D eigenvalue weighted by molar-refractivity contribution is 5.46. The molecule has 0 spiro atoms. The number of benzene rings is 2. The van der Waals surface area contributed by atoms with Gasteiger partial charge in [-0.05, 0) is 25.0 Å². The highest BCUT2D eigenvalue weighted by atomic mass is 16.3. The topological polar surface area (TPSA) is 164 Å². The summed E-state index contributed by atoms with van der Waals surface area (Å²) >= 11 is 0. The molecule has 0 bridgehead atoms. The van der Waals surface area contributed by atoms with Crippen molar-refractivity contribution < 1.29 is 30.6 Å². The Hall–Kier alpha value is -2.32. The zero-order chi connectivity index (χ0) is 29.8. The van der Waals surface area contributed by atoms with Gasteiger partial charge in [0.05, 0.1) is 38.5 Å². The molecule has 0 aromatic heterocycles. The van der Waals surface area contributed by atoms with Gasteiger partial charge in [0.25, 0.3) is 0 Å². The van der Waals surface area contributed by atoms with Crippen molar-refractivity contribution in [2.45, 2.75) is 52.1 Å². The van der Waals surface area contributed by atoms with Crippen molar-refractivity contribution in [2.75, 3.05) is 65.7 Å². The Morgan fingerprint density at radius 3 is 1.41 bits per heavy atom. The van der Waals surface area contributed by atoms with E-state index in [-0.39, 0.29) is 37.9 Å². The molecule has 2 aromatic rings. The van der Waals surface area contributed by atoms with Crippen molar-refractivity contribution in [3.8, 4) is 11.5 Å². The van der Waals surface area contributed by atoms with Gasteiger partial charge in [0, 0.05) is 87.7 Å². The van der Waals surface area contributed by atoms with E-state index in [1.165, 1.54) is 0 Å². The van der Waals surface area contributed by atoms with E-state index in [1.807, 2.05) is 38.1 Å². The Kier molecular flexibility index (Phi) is 13.7. The molecule has 41 heavy (non-hydrogen) atoms. The molecule has 2 aromatic carbocycles. The summed E-state index contributed by atoms with van der Waals surface area (Å²) in [6, 6.07) is 7.03. The summed E-state index contributed by atoms with van der Waals surface area (Å²) in [6.07, 6.45) is 0. The third kappa shape index (κ3) is 9.60. The lowest BCUT2D eigenvalue weighted by molar-refractivity contribution is 0.169. The van der Waals surface area contributed by atoms with Crippen LogP contribution in [0.1, 0.15) is 33.4 Å². The number of aryl methyl sites for hydroxylation is 2. The molecule has 11 nitrogen and oxygen atoms in total. The first-order valence-electron chi connectivity index (χ1n) is 14.5. The van der Waals surface area contributed by atoms with Crippen LogP contribution in [0.5, 0.6) is 11.5 Å². The van der Waals surface area contributed by atoms with Crippen LogP contribution in [0.2, 0.25) is 0 Å². The van der Waals surface area contributed by atoms with Crippen LogP contribution in [-0.4, -0.2) is 118 Å². The largest absolute Gasteiger partial charge is 0.507 e. The Labute approximate surface area is 243 Å². The van der Waals surface area contributed by atoms with E-state index in [2.05, 4.69) is 25.8 Å². The molecule has 0 saturated carbocycles. The average molecular weight is 576 g/mol. The summed E-state index contributed by atoms with van der Waals surface area (Å²) in [6.45, 7) is 9.91. The van der Waals surface area contributed by atoms with Crippen molar-refractivity contribution in [1.82, 2.24) is 25.8 Å². The van der Waals surface area contributed by atoms with Gasteiger partial charge in [-0.2, -0.15) is 0 Å². The minimum atomic E-state index is -0.439. The molecule has 3 rings (SSSR count). The zero-order valence-electron chi connectivity index (χ0n) is 24.4. The fourth-order valence-corrected chi connectivity index (χ4v) is 5.04. The maximum atomic E-state index is 11.1. The molecular formula is C30H49N5O6. The number of hydrogen-bond donors (Lipinski definition) is 9. The van der Waals surface area contributed by atoms with E-state index in [0.29, 0.717) is 26.2 Å². The first-order valence-corrected chi connectivity index (χ1v) is 14.5. The van der Waals surface area contributed by atoms with Crippen LogP contribution < -0.4 is 16.0 Å². The second-order valence-electron chi connectivity index (χ2n) is 10.9. The van der Waals surface area contributed by atoms with Gasteiger partial charge in [-0.15, -0.1) is 0 Å². The van der Waals surface area contributed by atoms with Crippen molar-refractivity contribution in [2.24, 2.45) is 0 Å². The molecule has 1 aliphatic heterocycles. The van der Waals surface area contributed by atoms with Crippen LogP contribution in [0.4, 0.5) is 0 Å². The number of phenols is 2. The summed E-state index contributed by atoms with van der Waals surface area (Å²) in [4.78, 5) is 4.62. The summed E-state index contributed by atoms with van der Waals surface area (Å²) in [5, 5.41) is 69.4. The van der Waals surface area contributed by atoms with Gasteiger partial charge in [0.1, 0.15) is 11.5 Å². The SMILES string of the molecule is Cc1ccc(CN2CCNCCN(Cc3ccc(C)c(CNC(CO)CO)c3O)CC2)c(O)c1CNC(CO)CO. The average Bonchev–Trinajstić information content (AvgIpc) is 3.08. The summed E-state index contributed by atoms with van der Waals surface area (Å²) in [5.41, 5.74) is 5.09. The molecule has 0 amide bonds. The third-order valence-corrected chi connectivity index (χ3v) is 7.95. The lowest BCUT2D eigenvalue weighted by Gasteiger charge is -2.27. The van der Waals surface area contributed by atoms with E-state index in [0.717, 1.165) is 72.6 Å². The first-order chi connectivity index (χ1) is 19.8. The van der Waals surface area contributed by atoms with Crippen LogP contribution in [-0.2, 0) is 26.2 Å². The van der Waals surface area contributed by atoms with Crippen LogP contribution in [0.3, 0.4) is 0 Å². The number of aliphatic hydroxyl groups is 4.